The molecular weight excluding hydrogens is 578 g/mol. The largest absolute Gasteiger partial charge is 0.511 e. The summed E-state index contributed by atoms with van der Waals surface area (Å²) in [6.45, 7) is -1.12. The summed E-state index contributed by atoms with van der Waals surface area (Å²) in [5.74, 6) is -3.55. The van der Waals surface area contributed by atoms with Crippen LogP contribution in [0.3, 0.4) is 0 Å². The number of ether oxygens (including phenoxy) is 1. The first-order valence-corrected chi connectivity index (χ1v) is 13.6. The number of nitrogens with one attached hydrogen (secondary N) is 1. The van der Waals surface area contributed by atoms with E-state index in [2.05, 4.69) is 0 Å². The van der Waals surface area contributed by atoms with Crippen LogP contribution < -0.4 is 9.46 Å². The molecule has 0 bridgehead atoms. The maximum absolute atomic E-state index is 15.2. The molecule has 38 heavy (non-hydrogen) atoms. The fraction of sp³-hybridized carbons (Fsp3) is 0.429. The first kappa shape index (κ1) is 28.5. The number of hydrogen-bond donors (Lipinski definition) is 2. The number of aliphatic hydroxyl groups is 1. The number of hydrogen-bond acceptors (Lipinski definition) is 6. The summed E-state index contributed by atoms with van der Waals surface area (Å²) < 4.78 is 162. The first-order chi connectivity index (χ1) is 17.3. The second kappa shape index (κ2) is 8.76. The van der Waals surface area contributed by atoms with Crippen molar-refractivity contribution < 1.29 is 61.8 Å². The lowest BCUT2D eigenvalue weighted by Crippen LogP contribution is -2.67. The Labute approximate surface area is 210 Å². The van der Waals surface area contributed by atoms with E-state index in [0.717, 1.165) is 0 Å². The molecule has 1 aliphatic carbocycles. The van der Waals surface area contributed by atoms with Crippen molar-refractivity contribution in [3.05, 3.63) is 59.2 Å². The van der Waals surface area contributed by atoms with E-state index >= 15 is 4.39 Å². The Morgan fingerprint density at radius 3 is 2.05 bits per heavy atom. The highest BCUT2D eigenvalue weighted by atomic mass is 32.2. The van der Waals surface area contributed by atoms with Gasteiger partial charge in [-0.3, -0.25) is 0 Å². The molecule has 0 saturated heterocycles. The minimum atomic E-state index is -5.96. The summed E-state index contributed by atoms with van der Waals surface area (Å²) >= 11 is 0. The van der Waals surface area contributed by atoms with Gasteiger partial charge in [0, 0.05) is 6.04 Å². The molecule has 1 fully saturated rings. The third-order valence-electron chi connectivity index (χ3n) is 6.68. The Bertz CT molecular complexity index is 1470. The summed E-state index contributed by atoms with van der Waals surface area (Å²) in [6.07, 6.45) is -7.57. The van der Waals surface area contributed by atoms with Gasteiger partial charge >= 0.3 is 21.7 Å². The minimum absolute atomic E-state index is 0.411. The molecule has 2 N–H and O–H groups in total. The molecule has 1 heterocycles. The molecule has 3 atom stereocenters. The highest BCUT2D eigenvalue weighted by Gasteiger charge is 2.68. The number of sulfonamides is 1. The normalized spacial score (nSPS) is 26.3. The highest BCUT2D eigenvalue weighted by molar-refractivity contribution is 7.92. The molecule has 7 nitrogen and oxygen atoms in total. The lowest BCUT2D eigenvalue weighted by Gasteiger charge is -2.54. The van der Waals surface area contributed by atoms with Gasteiger partial charge in [-0.15, -0.1) is 0 Å². The van der Waals surface area contributed by atoms with E-state index in [0.29, 0.717) is 36.4 Å². The van der Waals surface area contributed by atoms with Gasteiger partial charge in [0.2, 0.25) is 0 Å². The molecule has 2 aromatic rings. The summed E-state index contributed by atoms with van der Waals surface area (Å²) in [5.41, 5.74) is -10.9. The number of benzene rings is 2. The van der Waals surface area contributed by atoms with Gasteiger partial charge in [0.15, 0.2) is 21.4 Å². The molecular formula is C21H17F8NO6S2. The molecule has 0 radical (unpaired) electrons. The van der Waals surface area contributed by atoms with Crippen LogP contribution in [-0.4, -0.2) is 45.7 Å². The summed E-state index contributed by atoms with van der Waals surface area (Å²) in [7, 11) is -11.1. The maximum Gasteiger partial charge on any atom is 0.511 e. The van der Waals surface area contributed by atoms with Crippen LogP contribution in [0.4, 0.5) is 35.1 Å². The Balaban J connectivity index is 1.91. The van der Waals surface area contributed by atoms with E-state index in [4.69, 9.17) is 4.74 Å². The molecule has 4 rings (SSSR count). The van der Waals surface area contributed by atoms with Crippen LogP contribution in [0.2, 0.25) is 0 Å². The monoisotopic (exact) mass is 595 g/mol. The molecule has 1 aliphatic heterocycles. The lowest BCUT2D eigenvalue weighted by atomic mass is 9.68. The molecule has 2 aliphatic rings. The van der Waals surface area contributed by atoms with Crippen molar-refractivity contribution in [2.45, 2.75) is 52.2 Å². The predicted octanol–water partition coefficient (Wildman–Crippen LogP) is 3.77. The van der Waals surface area contributed by atoms with Crippen LogP contribution in [0.25, 0.3) is 0 Å². The summed E-state index contributed by atoms with van der Waals surface area (Å²) in [5, 5.41) is 11.6. The van der Waals surface area contributed by atoms with Crippen molar-refractivity contribution >= 4 is 19.9 Å². The minimum Gasteiger partial charge on any atom is -0.487 e. The van der Waals surface area contributed by atoms with Gasteiger partial charge in [-0.2, -0.15) is 26.3 Å². The topological polar surface area (TPSA) is 110 Å². The van der Waals surface area contributed by atoms with Gasteiger partial charge in [0.1, 0.15) is 22.8 Å². The SMILES string of the molecule is O=S(=O)(N[C@@H]1CC[C@@]2(S(=O)(=O)c3ccc(C(F)(F)F)cc3)c3c(F)ccc(F)c3OC[C@@]2(O)C1)C(F)(F)F. The van der Waals surface area contributed by atoms with Crippen LogP contribution in [-0.2, 0) is 30.8 Å². The van der Waals surface area contributed by atoms with Gasteiger partial charge in [-0.05, 0) is 55.7 Å². The molecule has 2 aromatic carbocycles. The molecule has 0 unspecified atom stereocenters. The van der Waals surface area contributed by atoms with Crippen molar-refractivity contribution in [1.29, 1.82) is 0 Å². The average molecular weight is 595 g/mol. The second-order valence-corrected chi connectivity index (χ2v) is 12.8. The zero-order chi connectivity index (χ0) is 28.5. The third kappa shape index (κ3) is 4.23. The standard InChI is InChI=1S/C21H17F8NO6S2/c22-14-5-6-15(23)17-16(14)19(37(32,33)13-3-1-11(2-4-13)20(24,25)26)8-7-12(9-18(19,31)10-36-17)30-38(34,35)21(27,28)29/h1-6,12,30-31H,7-10H2/t12-,18+,19-/m1/s1. The van der Waals surface area contributed by atoms with E-state index in [1.165, 1.54) is 4.72 Å². The van der Waals surface area contributed by atoms with E-state index in [1.807, 2.05) is 0 Å². The summed E-state index contributed by atoms with van der Waals surface area (Å²) in [4.78, 5) is -0.838. The molecule has 210 valence electrons. The van der Waals surface area contributed by atoms with Crippen molar-refractivity contribution in [3.63, 3.8) is 0 Å². The van der Waals surface area contributed by atoms with Crippen LogP contribution in [0.15, 0.2) is 41.3 Å². The van der Waals surface area contributed by atoms with Crippen molar-refractivity contribution in [1.82, 2.24) is 4.72 Å². The van der Waals surface area contributed by atoms with Gasteiger partial charge in [-0.25, -0.2) is 30.3 Å². The lowest BCUT2D eigenvalue weighted by molar-refractivity contribution is -0.137. The van der Waals surface area contributed by atoms with E-state index < -0.39 is 107 Å². The zero-order valence-corrected chi connectivity index (χ0v) is 20.3. The molecule has 0 amide bonds. The van der Waals surface area contributed by atoms with Crippen LogP contribution in [0.5, 0.6) is 5.75 Å². The molecule has 1 saturated carbocycles. The zero-order valence-electron chi connectivity index (χ0n) is 18.7. The van der Waals surface area contributed by atoms with Crippen molar-refractivity contribution in [2.75, 3.05) is 6.61 Å². The Hall–Kier alpha value is -2.50. The third-order valence-corrected chi connectivity index (χ3v) is 10.5. The Morgan fingerprint density at radius 2 is 1.50 bits per heavy atom. The number of alkyl halides is 6. The molecule has 0 aromatic heterocycles. The van der Waals surface area contributed by atoms with Crippen LogP contribution >= 0.6 is 0 Å². The van der Waals surface area contributed by atoms with Gasteiger partial charge in [-0.1, -0.05) is 0 Å². The Morgan fingerprint density at radius 1 is 0.921 bits per heavy atom. The fourth-order valence-electron chi connectivity index (χ4n) is 4.99. The quantitative estimate of drug-likeness (QED) is 0.521. The highest BCUT2D eigenvalue weighted by Crippen LogP contribution is 2.58. The predicted molar refractivity (Wildman–Crippen MR) is 113 cm³/mol. The first-order valence-electron chi connectivity index (χ1n) is 10.6. The van der Waals surface area contributed by atoms with Crippen LogP contribution in [0, 0.1) is 11.6 Å². The molecule has 0 spiro atoms. The van der Waals surface area contributed by atoms with E-state index in [-0.39, 0.29) is 0 Å². The Kier molecular flexibility index (Phi) is 6.57. The van der Waals surface area contributed by atoms with Crippen LogP contribution in [0.1, 0.15) is 30.4 Å². The number of fused-ring (bicyclic) bond motifs is 3. The van der Waals surface area contributed by atoms with Gasteiger partial charge < -0.3 is 9.84 Å². The molecule has 17 heteroatoms. The fourth-order valence-corrected chi connectivity index (χ4v) is 8.15. The number of sulfone groups is 1. The van der Waals surface area contributed by atoms with Crippen molar-refractivity contribution in [2.24, 2.45) is 0 Å². The number of rotatable bonds is 4. The van der Waals surface area contributed by atoms with Gasteiger partial charge in [0.05, 0.1) is 16.0 Å². The second-order valence-electron chi connectivity index (χ2n) is 8.91. The maximum atomic E-state index is 15.2. The van der Waals surface area contributed by atoms with E-state index in [9.17, 15) is 52.7 Å². The van der Waals surface area contributed by atoms with Gasteiger partial charge in [0.25, 0.3) is 0 Å². The smallest absolute Gasteiger partial charge is 0.487 e. The summed E-state index contributed by atoms with van der Waals surface area (Å²) in [6, 6.07) is 1.30. The van der Waals surface area contributed by atoms with E-state index in [1.54, 1.807) is 0 Å². The number of halogens is 8. The average Bonchev–Trinajstić information content (AvgIpc) is 2.79. The van der Waals surface area contributed by atoms with Crippen molar-refractivity contribution in [3.8, 4) is 5.75 Å².